The van der Waals surface area contributed by atoms with Gasteiger partial charge in [-0.15, -0.1) is 0 Å². The van der Waals surface area contributed by atoms with Crippen LogP contribution in [0.5, 0.6) is 0 Å². The van der Waals surface area contributed by atoms with Gasteiger partial charge >= 0.3 is 0 Å². The van der Waals surface area contributed by atoms with Crippen molar-refractivity contribution in [1.82, 2.24) is 9.88 Å². The van der Waals surface area contributed by atoms with E-state index in [0.717, 1.165) is 18.7 Å². The third-order valence-electron chi connectivity index (χ3n) is 4.13. The Kier molecular flexibility index (Phi) is 4.97. The number of rotatable bonds is 2. The topological polar surface area (TPSA) is 60.2 Å². The molecule has 0 bridgehead atoms. The first-order chi connectivity index (χ1) is 11.7. The molecule has 0 atom stereocenters. The van der Waals surface area contributed by atoms with Crippen LogP contribution in [0, 0.1) is 11.3 Å². The standard InChI is InChI=1S/C18H17ClN4O/c19-16-3-2-15(13-20)17(12-16)22-8-1-9-23(11-10-22)18(24)14-4-6-21-7-5-14/h2-7,12H,1,8-11H2. The summed E-state index contributed by atoms with van der Waals surface area (Å²) in [4.78, 5) is 20.5. The monoisotopic (exact) mass is 340 g/mol. The summed E-state index contributed by atoms with van der Waals surface area (Å²) in [6.07, 6.45) is 4.10. The maximum Gasteiger partial charge on any atom is 0.254 e. The smallest absolute Gasteiger partial charge is 0.254 e. The molecular formula is C18H17ClN4O. The largest absolute Gasteiger partial charge is 0.369 e. The summed E-state index contributed by atoms with van der Waals surface area (Å²) in [5.41, 5.74) is 2.09. The molecule has 0 saturated carbocycles. The van der Waals surface area contributed by atoms with Gasteiger partial charge in [-0.1, -0.05) is 11.6 Å². The van der Waals surface area contributed by atoms with Gasteiger partial charge in [0.25, 0.3) is 5.91 Å². The van der Waals surface area contributed by atoms with Crippen LogP contribution in [-0.4, -0.2) is 42.0 Å². The Balaban J connectivity index is 1.75. The van der Waals surface area contributed by atoms with Crippen LogP contribution >= 0.6 is 11.6 Å². The molecule has 1 saturated heterocycles. The first kappa shape index (κ1) is 16.3. The summed E-state index contributed by atoms with van der Waals surface area (Å²) in [6.45, 7) is 2.76. The van der Waals surface area contributed by atoms with Gasteiger partial charge < -0.3 is 9.80 Å². The molecule has 2 aromatic rings. The van der Waals surface area contributed by atoms with Crippen LogP contribution in [0.2, 0.25) is 5.02 Å². The molecule has 1 aromatic carbocycles. The van der Waals surface area contributed by atoms with Crippen LogP contribution in [0.3, 0.4) is 0 Å². The number of anilines is 1. The molecule has 5 nitrogen and oxygen atoms in total. The number of halogens is 1. The van der Waals surface area contributed by atoms with Crippen LogP contribution in [0.1, 0.15) is 22.3 Å². The number of hydrogen-bond acceptors (Lipinski definition) is 4. The van der Waals surface area contributed by atoms with Gasteiger partial charge in [0.2, 0.25) is 0 Å². The van der Waals surface area contributed by atoms with Gasteiger partial charge in [-0.25, -0.2) is 0 Å². The van der Waals surface area contributed by atoms with Gasteiger partial charge in [-0.05, 0) is 36.8 Å². The number of aromatic nitrogens is 1. The summed E-state index contributed by atoms with van der Waals surface area (Å²) in [5.74, 6) is 0.0193. The van der Waals surface area contributed by atoms with E-state index < -0.39 is 0 Å². The van der Waals surface area contributed by atoms with Gasteiger partial charge in [-0.3, -0.25) is 9.78 Å². The molecule has 24 heavy (non-hydrogen) atoms. The predicted octanol–water partition coefficient (Wildman–Crippen LogP) is 2.96. The maximum absolute atomic E-state index is 12.6. The highest BCUT2D eigenvalue weighted by Crippen LogP contribution is 2.25. The molecule has 1 aromatic heterocycles. The molecule has 6 heteroatoms. The average molecular weight is 341 g/mol. The van der Waals surface area contributed by atoms with Crippen LogP contribution in [0.4, 0.5) is 5.69 Å². The fourth-order valence-corrected chi connectivity index (χ4v) is 3.07. The summed E-state index contributed by atoms with van der Waals surface area (Å²) in [6, 6.07) is 11.0. The number of carbonyl (C=O) groups excluding carboxylic acids is 1. The normalized spacial score (nSPS) is 14.8. The summed E-state index contributed by atoms with van der Waals surface area (Å²) in [5, 5.41) is 9.92. The minimum absolute atomic E-state index is 0.0193. The number of carbonyl (C=O) groups is 1. The van der Waals surface area contributed by atoms with E-state index in [1.165, 1.54) is 0 Å². The number of benzene rings is 1. The zero-order valence-electron chi connectivity index (χ0n) is 13.2. The molecule has 0 spiro atoms. The first-order valence-corrected chi connectivity index (χ1v) is 8.21. The molecule has 3 rings (SSSR count). The van der Waals surface area contributed by atoms with Crippen LogP contribution in [0.25, 0.3) is 0 Å². The Bertz CT molecular complexity index is 772. The van der Waals surface area contributed by atoms with Gasteiger partial charge in [0.1, 0.15) is 6.07 Å². The Morgan fingerprint density at radius 1 is 1.12 bits per heavy atom. The van der Waals surface area contributed by atoms with Gasteiger partial charge in [0, 0.05) is 49.2 Å². The molecular weight excluding hydrogens is 324 g/mol. The second-order valence-electron chi connectivity index (χ2n) is 5.64. The van der Waals surface area contributed by atoms with Crippen LogP contribution in [-0.2, 0) is 0 Å². The lowest BCUT2D eigenvalue weighted by Crippen LogP contribution is -2.35. The third-order valence-corrected chi connectivity index (χ3v) is 4.37. The maximum atomic E-state index is 12.6. The Labute approximate surface area is 146 Å². The molecule has 1 amide bonds. The van der Waals surface area contributed by atoms with Crippen molar-refractivity contribution in [2.45, 2.75) is 6.42 Å². The van der Waals surface area contributed by atoms with E-state index >= 15 is 0 Å². The van der Waals surface area contributed by atoms with E-state index in [1.54, 1.807) is 36.7 Å². The number of hydrogen-bond donors (Lipinski definition) is 0. The van der Waals surface area contributed by atoms with Crippen molar-refractivity contribution in [2.75, 3.05) is 31.1 Å². The average Bonchev–Trinajstić information content (AvgIpc) is 2.88. The number of pyridine rings is 1. The van der Waals surface area contributed by atoms with E-state index in [2.05, 4.69) is 16.0 Å². The summed E-state index contributed by atoms with van der Waals surface area (Å²) in [7, 11) is 0. The zero-order chi connectivity index (χ0) is 16.9. The lowest BCUT2D eigenvalue weighted by atomic mass is 10.1. The molecule has 0 aliphatic carbocycles. The van der Waals surface area contributed by atoms with E-state index in [0.29, 0.717) is 35.8 Å². The Morgan fingerprint density at radius 3 is 2.67 bits per heavy atom. The van der Waals surface area contributed by atoms with Crippen LogP contribution < -0.4 is 4.90 Å². The van der Waals surface area contributed by atoms with Gasteiger partial charge in [0.05, 0.1) is 11.3 Å². The van der Waals surface area contributed by atoms with Gasteiger partial charge in [-0.2, -0.15) is 5.26 Å². The Hall–Kier alpha value is -2.58. The van der Waals surface area contributed by atoms with Gasteiger partial charge in [0.15, 0.2) is 0 Å². The van der Waals surface area contributed by atoms with E-state index in [4.69, 9.17) is 11.6 Å². The fourth-order valence-electron chi connectivity index (χ4n) is 2.90. The number of nitrogens with zero attached hydrogens (tertiary/aromatic N) is 4. The van der Waals surface area contributed by atoms with E-state index in [1.807, 2.05) is 11.0 Å². The second-order valence-corrected chi connectivity index (χ2v) is 6.08. The molecule has 0 N–H and O–H groups in total. The lowest BCUT2D eigenvalue weighted by Gasteiger charge is -2.24. The SMILES string of the molecule is N#Cc1ccc(Cl)cc1N1CCCN(C(=O)c2ccncc2)CC1. The molecule has 0 radical (unpaired) electrons. The molecule has 1 fully saturated rings. The summed E-state index contributed by atoms with van der Waals surface area (Å²) < 4.78 is 0. The highest BCUT2D eigenvalue weighted by molar-refractivity contribution is 6.30. The highest BCUT2D eigenvalue weighted by atomic mass is 35.5. The quantitative estimate of drug-likeness (QED) is 0.843. The Morgan fingerprint density at radius 2 is 1.92 bits per heavy atom. The molecule has 1 aliphatic rings. The zero-order valence-corrected chi connectivity index (χ0v) is 13.9. The molecule has 1 aliphatic heterocycles. The van der Waals surface area contributed by atoms with Crippen molar-refractivity contribution < 1.29 is 4.79 Å². The van der Waals surface area contributed by atoms with Crippen molar-refractivity contribution >= 4 is 23.2 Å². The second kappa shape index (κ2) is 7.33. The van der Waals surface area contributed by atoms with Crippen LogP contribution in [0.15, 0.2) is 42.7 Å². The molecule has 122 valence electrons. The van der Waals surface area contributed by atoms with E-state index in [-0.39, 0.29) is 5.91 Å². The fraction of sp³-hybridized carbons (Fsp3) is 0.278. The third kappa shape index (κ3) is 3.50. The lowest BCUT2D eigenvalue weighted by molar-refractivity contribution is 0.0767. The number of amides is 1. The molecule has 0 unspecified atom stereocenters. The first-order valence-electron chi connectivity index (χ1n) is 7.83. The van der Waals surface area contributed by atoms with Crippen molar-refractivity contribution in [3.8, 4) is 6.07 Å². The van der Waals surface area contributed by atoms with Crippen molar-refractivity contribution in [3.63, 3.8) is 0 Å². The minimum atomic E-state index is 0.0193. The van der Waals surface area contributed by atoms with Crippen molar-refractivity contribution in [1.29, 1.82) is 5.26 Å². The van der Waals surface area contributed by atoms with Crippen molar-refractivity contribution in [3.05, 3.63) is 58.9 Å². The predicted molar refractivity (Wildman–Crippen MR) is 93.1 cm³/mol. The number of nitriles is 1. The highest BCUT2D eigenvalue weighted by Gasteiger charge is 2.21. The van der Waals surface area contributed by atoms with Crippen molar-refractivity contribution in [2.24, 2.45) is 0 Å². The minimum Gasteiger partial charge on any atom is -0.369 e. The van der Waals surface area contributed by atoms with E-state index in [9.17, 15) is 10.1 Å². The molecule has 2 heterocycles. The summed E-state index contributed by atoms with van der Waals surface area (Å²) >= 11 is 6.09.